The van der Waals surface area contributed by atoms with Crippen molar-refractivity contribution >= 4 is 47.5 Å². The molecule has 240 valence electrons. The fraction of sp³-hybridized carbons (Fsp3) is 0.158. The number of para-hydroxylation sites is 2. The lowest BCUT2D eigenvalue weighted by Gasteiger charge is -2.22. The summed E-state index contributed by atoms with van der Waals surface area (Å²) in [5, 5.41) is 0. The van der Waals surface area contributed by atoms with Crippen molar-refractivity contribution in [2.45, 2.75) is 18.9 Å². The number of anilines is 2. The molecule has 0 aromatic heterocycles. The number of rotatable bonds is 9. The summed E-state index contributed by atoms with van der Waals surface area (Å²) in [5.74, 6) is 0.684. The van der Waals surface area contributed by atoms with Gasteiger partial charge in [0.15, 0.2) is 23.0 Å². The maximum absolute atomic E-state index is 13.8. The van der Waals surface area contributed by atoms with Gasteiger partial charge in [0.2, 0.25) is 0 Å². The van der Waals surface area contributed by atoms with Crippen LogP contribution in [-0.4, -0.2) is 51.6 Å². The molecule has 0 radical (unpaired) electrons. The first-order valence-corrected chi connectivity index (χ1v) is 15.4. The van der Waals surface area contributed by atoms with Crippen molar-refractivity contribution in [3.05, 3.63) is 120 Å². The molecule has 0 unspecified atom stereocenters. The third-order valence-corrected chi connectivity index (χ3v) is 8.62. The van der Waals surface area contributed by atoms with Gasteiger partial charge in [0.1, 0.15) is 0 Å². The minimum atomic E-state index is -0.223. The largest absolute Gasteiger partial charge is 0.493 e. The van der Waals surface area contributed by atoms with Crippen LogP contribution in [0.1, 0.15) is 31.8 Å². The van der Waals surface area contributed by atoms with Crippen molar-refractivity contribution < 1.29 is 28.5 Å². The van der Waals surface area contributed by atoms with Gasteiger partial charge in [-0.3, -0.25) is 24.5 Å². The van der Waals surface area contributed by atoms with Crippen LogP contribution in [0.5, 0.6) is 23.0 Å². The number of fused-ring (bicyclic) bond motifs is 5. The van der Waals surface area contributed by atoms with Crippen LogP contribution in [0.3, 0.4) is 0 Å². The van der Waals surface area contributed by atoms with Crippen molar-refractivity contribution in [3.8, 4) is 23.0 Å². The van der Waals surface area contributed by atoms with Gasteiger partial charge in [-0.15, -0.1) is 0 Å². The molecule has 10 heteroatoms. The first-order chi connectivity index (χ1) is 23.4. The van der Waals surface area contributed by atoms with E-state index < -0.39 is 0 Å². The summed E-state index contributed by atoms with van der Waals surface area (Å²) in [7, 11) is 2.97. The van der Waals surface area contributed by atoms with E-state index in [0.29, 0.717) is 41.2 Å². The zero-order valence-corrected chi connectivity index (χ0v) is 26.5. The average molecular weight is 641 g/mol. The number of hydrogen-bond donors (Lipinski definition) is 0. The van der Waals surface area contributed by atoms with E-state index in [9.17, 15) is 9.59 Å². The number of aliphatic imine (C=N–C) groups is 2. The lowest BCUT2D eigenvalue weighted by atomic mass is 10.1. The average Bonchev–Trinajstić information content (AvgIpc) is 3.68. The van der Waals surface area contributed by atoms with Gasteiger partial charge in [-0.05, 0) is 48.5 Å². The van der Waals surface area contributed by atoms with Gasteiger partial charge in [-0.2, -0.15) is 0 Å². The molecule has 7 rings (SSSR count). The quantitative estimate of drug-likeness (QED) is 0.111. The van der Waals surface area contributed by atoms with Crippen LogP contribution in [0.4, 0.5) is 22.7 Å². The summed E-state index contributed by atoms with van der Waals surface area (Å²) in [5.41, 5.74) is 5.39. The van der Waals surface area contributed by atoms with Gasteiger partial charge in [0, 0.05) is 48.8 Å². The van der Waals surface area contributed by atoms with E-state index in [-0.39, 0.29) is 41.0 Å². The van der Waals surface area contributed by atoms with Crippen molar-refractivity contribution in [1.82, 2.24) is 0 Å². The number of methoxy groups -OCH3 is 2. The Kier molecular flexibility index (Phi) is 7.98. The molecule has 10 nitrogen and oxygen atoms in total. The van der Waals surface area contributed by atoms with Crippen molar-refractivity contribution in [3.63, 3.8) is 0 Å². The zero-order chi connectivity index (χ0) is 33.4. The summed E-state index contributed by atoms with van der Waals surface area (Å²) in [6.07, 6.45) is 6.25. The molecule has 2 amide bonds. The molecule has 0 spiro atoms. The number of nitrogens with zero attached hydrogens (tertiary/aromatic N) is 4. The van der Waals surface area contributed by atoms with Gasteiger partial charge >= 0.3 is 0 Å². The third kappa shape index (κ3) is 5.27. The van der Waals surface area contributed by atoms with Crippen molar-refractivity contribution in [1.29, 1.82) is 0 Å². The predicted molar refractivity (Wildman–Crippen MR) is 185 cm³/mol. The molecule has 48 heavy (non-hydrogen) atoms. The van der Waals surface area contributed by atoms with Gasteiger partial charge in [-0.25, -0.2) is 0 Å². The molecule has 4 aromatic rings. The number of carbonyl (C=O) groups excluding carboxylic acids is 2. The van der Waals surface area contributed by atoms with Gasteiger partial charge in [-0.1, -0.05) is 49.1 Å². The smallest absolute Gasteiger partial charge is 0.290 e. The second-order valence-electron chi connectivity index (χ2n) is 11.3. The Balaban J connectivity index is 1.18. The molecule has 0 fully saturated rings. The molecule has 0 aliphatic carbocycles. The molecule has 0 N–H and O–H groups in total. The molecule has 4 aromatic carbocycles. The van der Waals surface area contributed by atoms with Crippen LogP contribution in [0.2, 0.25) is 0 Å². The van der Waals surface area contributed by atoms with E-state index in [1.807, 2.05) is 48.5 Å². The predicted octanol–water partition coefficient (Wildman–Crippen LogP) is 7.01. The highest BCUT2D eigenvalue weighted by molar-refractivity contribution is 6.15. The Morgan fingerprint density at radius 2 is 1.60 bits per heavy atom. The molecule has 3 aliphatic rings. The number of carbonyl (C=O) groups is 2. The van der Waals surface area contributed by atoms with Gasteiger partial charge in [0.05, 0.1) is 42.8 Å². The Morgan fingerprint density at radius 3 is 2.33 bits per heavy atom. The summed E-state index contributed by atoms with van der Waals surface area (Å²) in [6, 6.07) is 21.9. The Hall–Kier alpha value is -6.16. The van der Waals surface area contributed by atoms with E-state index in [2.05, 4.69) is 23.3 Å². The summed E-state index contributed by atoms with van der Waals surface area (Å²) in [6.45, 7) is 8.05. The minimum absolute atomic E-state index is 0.0163. The Labute approximate surface area is 277 Å². The number of benzene rings is 4. The maximum Gasteiger partial charge on any atom is 0.290 e. The molecule has 3 aliphatic heterocycles. The fourth-order valence-electron chi connectivity index (χ4n) is 6.34. The molecule has 0 saturated heterocycles. The van der Waals surface area contributed by atoms with Crippen molar-refractivity contribution in [2.75, 3.05) is 30.6 Å². The SMILES string of the molecule is C=C/C=C(/Oc1cc(N=C)c(C(=O)N2CCc3ccccc32)cc1OC)Oc1cc2c(cc1OC)C(=O)N1c3ccccc3C[C@H]1C=N2. The number of hydrogen-bond acceptors (Lipinski definition) is 8. The number of allylic oxidation sites excluding steroid dienone is 2. The van der Waals surface area contributed by atoms with Crippen LogP contribution in [-0.2, 0) is 12.8 Å². The highest BCUT2D eigenvalue weighted by atomic mass is 16.7. The third-order valence-electron chi connectivity index (χ3n) is 8.62. The molecule has 0 saturated carbocycles. The first-order valence-electron chi connectivity index (χ1n) is 15.4. The van der Waals surface area contributed by atoms with Crippen LogP contribution >= 0.6 is 0 Å². The van der Waals surface area contributed by atoms with E-state index >= 15 is 0 Å². The number of amides is 2. The minimum Gasteiger partial charge on any atom is -0.493 e. The summed E-state index contributed by atoms with van der Waals surface area (Å²) < 4.78 is 23.7. The van der Waals surface area contributed by atoms with Crippen molar-refractivity contribution in [2.24, 2.45) is 9.98 Å². The van der Waals surface area contributed by atoms with E-state index in [4.69, 9.17) is 18.9 Å². The monoisotopic (exact) mass is 640 g/mol. The topological polar surface area (TPSA) is 102 Å². The molecular formula is C38H32N4O6. The first kappa shape index (κ1) is 30.5. The second kappa shape index (κ2) is 12.6. The fourth-order valence-corrected chi connectivity index (χ4v) is 6.34. The van der Waals surface area contributed by atoms with E-state index in [0.717, 1.165) is 28.9 Å². The Bertz CT molecular complexity index is 2050. The van der Waals surface area contributed by atoms with E-state index in [1.54, 1.807) is 40.3 Å². The van der Waals surface area contributed by atoms with Gasteiger partial charge < -0.3 is 23.8 Å². The molecule has 3 heterocycles. The maximum atomic E-state index is 13.8. The lowest BCUT2D eigenvalue weighted by molar-refractivity contribution is 0.0980. The Morgan fingerprint density at radius 1 is 0.917 bits per heavy atom. The highest BCUT2D eigenvalue weighted by Crippen LogP contribution is 2.43. The summed E-state index contributed by atoms with van der Waals surface area (Å²) >= 11 is 0. The molecular weight excluding hydrogens is 608 g/mol. The number of ether oxygens (including phenoxy) is 4. The van der Waals surface area contributed by atoms with Crippen LogP contribution in [0.15, 0.2) is 107 Å². The normalized spacial score (nSPS) is 15.9. The molecule has 0 bridgehead atoms. The lowest BCUT2D eigenvalue weighted by Crippen LogP contribution is -2.37. The second-order valence-corrected chi connectivity index (χ2v) is 11.3. The van der Waals surface area contributed by atoms with Gasteiger partial charge in [0.25, 0.3) is 17.8 Å². The zero-order valence-electron chi connectivity index (χ0n) is 26.5. The summed E-state index contributed by atoms with van der Waals surface area (Å²) in [4.78, 5) is 39.9. The standard InChI is InChI=1S/C38H32N4O6/c1-5-10-36(47-34-20-28(39-2)26(18-32(34)45-3)37(43)41-16-15-23-11-6-8-13-30(23)41)48-35-21-29-27(19-33(35)46-4)38(44)42-25(22-40-29)17-24-12-7-9-14-31(24)42/h5-14,18-22,25H,1-2,15-17H2,3-4H3/b36-10-/t25-/m0/s1. The highest BCUT2D eigenvalue weighted by Gasteiger charge is 2.36. The molecule has 1 atom stereocenters. The van der Waals surface area contributed by atoms with Crippen LogP contribution < -0.4 is 28.7 Å². The van der Waals surface area contributed by atoms with E-state index in [1.165, 1.54) is 26.4 Å². The van der Waals surface area contributed by atoms with Crippen LogP contribution in [0, 0.1) is 0 Å². The van der Waals surface area contributed by atoms with Crippen LogP contribution in [0.25, 0.3) is 0 Å².